The van der Waals surface area contributed by atoms with Crippen LogP contribution in [0.5, 0.6) is 0 Å². The maximum Gasteiger partial charge on any atom is 0.472 e. The van der Waals surface area contributed by atoms with Crippen LogP contribution in [0.4, 0.5) is 0 Å². The van der Waals surface area contributed by atoms with E-state index in [1.54, 1.807) is 0 Å². The van der Waals surface area contributed by atoms with Crippen molar-refractivity contribution in [2.24, 2.45) is 0 Å². The molecule has 0 heterocycles. The predicted octanol–water partition coefficient (Wildman–Crippen LogP) is 8.99. The molecule has 0 spiro atoms. The van der Waals surface area contributed by atoms with Gasteiger partial charge in [0.1, 0.15) is 12.7 Å². The molecule has 0 aliphatic heterocycles. The second kappa shape index (κ2) is 36.5. The Kier molecular flexibility index (Phi) is 33.8. The molecule has 0 aliphatic carbocycles. The lowest BCUT2D eigenvalue weighted by Gasteiger charge is -2.20. The number of carbonyl (C=O) groups is 2. The predicted molar refractivity (Wildman–Crippen MR) is 214 cm³/mol. The van der Waals surface area contributed by atoms with E-state index in [2.05, 4.69) is 36.6 Å². The van der Waals surface area contributed by atoms with Gasteiger partial charge >= 0.3 is 19.8 Å². The Morgan fingerprint density at radius 2 is 1.00 bits per heavy atom. The van der Waals surface area contributed by atoms with E-state index in [-0.39, 0.29) is 19.4 Å². The normalized spacial score (nSPS) is 15.5. The molecule has 0 rings (SSSR count). The summed E-state index contributed by atoms with van der Waals surface area (Å²) in [7, 11) is -4.65. The van der Waals surface area contributed by atoms with Crippen molar-refractivity contribution in [2.75, 3.05) is 26.4 Å². The van der Waals surface area contributed by atoms with Gasteiger partial charge < -0.3 is 24.6 Å². The number of hydrogen-bond acceptors (Lipinski definition) is 9. The van der Waals surface area contributed by atoms with E-state index in [4.69, 9.17) is 19.1 Å². The lowest BCUT2D eigenvalue weighted by molar-refractivity contribution is -0.161. The Balaban J connectivity index is 4.64. The molecule has 0 aromatic carbocycles. The van der Waals surface area contributed by atoms with E-state index in [9.17, 15) is 24.2 Å². The van der Waals surface area contributed by atoms with Gasteiger partial charge in [-0.2, -0.15) is 0 Å². The Bertz CT molecular complexity index is 1330. The first-order valence-corrected chi connectivity index (χ1v) is 19.8. The van der Waals surface area contributed by atoms with Gasteiger partial charge in [-0.15, -0.1) is 0 Å². The Morgan fingerprint density at radius 1 is 0.566 bits per heavy atom. The maximum atomic E-state index is 12.5. The summed E-state index contributed by atoms with van der Waals surface area (Å²) in [5.41, 5.74) is 0. The largest absolute Gasteiger partial charge is 0.472 e. The van der Waals surface area contributed by atoms with Crippen molar-refractivity contribution < 1.29 is 47.8 Å². The van der Waals surface area contributed by atoms with Gasteiger partial charge in [-0.05, 0) is 44.9 Å². The van der Waals surface area contributed by atoms with Crippen molar-refractivity contribution >= 4 is 19.8 Å². The monoisotopic (exact) mass is 756 g/mol. The van der Waals surface area contributed by atoms with E-state index < -0.39 is 51.8 Å². The second-order valence-electron chi connectivity index (χ2n) is 11.4. The fraction of sp³-hybridized carbons (Fsp3) is 0.429. The molecule has 0 saturated carbocycles. The summed E-state index contributed by atoms with van der Waals surface area (Å²) in [5.74, 6) is -1.08. The zero-order valence-electron chi connectivity index (χ0n) is 31.4. The first-order chi connectivity index (χ1) is 25.7. The summed E-state index contributed by atoms with van der Waals surface area (Å²) in [6.07, 6.45) is 47.2. The van der Waals surface area contributed by atoms with Crippen LogP contribution in [0.2, 0.25) is 0 Å². The molecule has 0 amide bonds. The van der Waals surface area contributed by atoms with Gasteiger partial charge in [-0.1, -0.05) is 154 Å². The standard InChI is InChI=1S/C42H61O10P/c1-3-5-7-9-11-13-15-17-18-19-20-22-23-25-27-29-31-33-41(45)49-37-40(38-51-53(47,48)50-36-39(44)35-43)52-42(46)34-32-30-28-26-24-21-16-14-12-10-8-6-4-2/h5-24,26,28,39-40,43-44H,3-4,25,27,29-38H2,1-2H3,(H,47,48)/b7-5+,8-6+,11-9+,12-10+,15-13+,16-14+,18-17+,20-19+,23-22+,24-21+,28-26+/t39-,40?/m0/s1. The van der Waals surface area contributed by atoms with Crippen LogP contribution < -0.4 is 0 Å². The highest BCUT2D eigenvalue weighted by molar-refractivity contribution is 7.47. The Morgan fingerprint density at radius 3 is 1.49 bits per heavy atom. The number of carbonyl (C=O) groups excluding carboxylic acids is 2. The minimum atomic E-state index is -4.65. The van der Waals surface area contributed by atoms with Gasteiger partial charge in [0.15, 0.2) is 6.10 Å². The van der Waals surface area contributed by atoms with Gasteiger partial charge in [0.05, 0.1) is 19.8 Å². The molecule has 3 N–H and O–H groups in total. The summed E-state index contributed by atoms with van der Waals surface area (Å²) in [4.78, 5) is 34.8. The van der Waals surface area contributed by atoms with Crippen LogP contribution in [-0.4, -0.2) is 65.7 Å². The molecule has 0 aromatic rings. The molecular formula is C42H61O10P. The molecule has 3 atom stereocenters. The third kappa shape index (κ3) is 36.3. The lowest BCUT2D eigenvalue weighted by Crippen LogP contribution is -2.29. The Hall–Kier alpha value is -3.89. The molecule has 0 aliphatic rings. The highest BCUT2D eigenvalue weighted by atomic mass is 31.2. The van der Waals surface area contributed by atoms with E-state index in [0.29, 0.717) is 19.3 Å². The minimum Gasteiger partial charge on any atom is -0.462 e. The van der Waals surface area contributed by atoms with Crippen molar-refractivity contribution in [3.8, 4) is 0 Å². The number of phosphoric ester groups is 1. The van der Waals surface area contributed by atoms with Crippen LogP contribution in [-0.2, 0) is 32.7 Å². The molecule has 0 aromatic heterocycles. The van der Waals surface area contributed by atoms with E-state index in [1.807, 2.05) is 115 Å². The average Bonchev–Trinajstić information content (AvgIpc) is 3.14. The number of phosphoric acid groups is 1. The lowest BCUT2D eigenvalue weighted by atomic mass is 10.1. The Labute approximate surface area is 317 Å². The fourth-order valence-electron chi connectivity index (χ4n) is 3.82. The van der Waals surface area contributed by atoms with E-state index in [0.717, 1.165) is 32.1 Å². The number of rotatable bonds is 31. The zero-order chi connectivity index (χ0) is 39.1. The van der Waals surface area contributed by atoms with Crippen molar-refractivity contribution in [1.29, 1.82) is 0 Å². The van der Waals surface area contributed by atoms with Crippen molar-refractivity contribution in [3.05, 3.63) is 134 Å². The molecule has 0 saturated heterocycles. The van der Waals surface area contributed by atoms with Crippen molar-refractivity contribution in [3.63, 3.8) is 0 Å². The van der Waals surface area contributed by atoms with E-state index >= 15 is 0 Å². The summed E-state index contributed by atoms with van der Waals surface area (Å²) < 4.78 is 32.4. The molecule has 2 unspecified atom stereocenters. The third-order valence-electron chi connectivity index (χ3n) is 6.59. The first kappa shape index (κ1) is 49.1. The van der Waals surface area contributed by atoms with Crippen LogP contribution in [0.1, 0.15) is 78.1 Å². The fourth-order valence-corrected chi connectivity index (χ4v) is 4.61. The summed E-state index contributed by atoms with van der Waals surface area (Å²) in [5, 5.41) is 18.3. The van der Waals surface area contributed by atoms with Gasteiger partial charge in [0.25, 0.3) is 0 Å². The number of aliphatic hydroxyl groups is 2. The van der Waals surface area contributed by atoms with Crippen molar-refractivity contribution in [2.45, 2.75) is 90.3 Å². The summed E-state index contributed by atoms with van der Waals surface area (Å²) in [6.45, 7) is 1.88. The topological polar surface area (TPSA) is 149 Å². The van der Waals surface area contributed by atoms with Gasteiger partial charge in [-0.25, -0.2) is 4.57 Å². The first-order valence-electron chi connectivity index (χ1n) is 18.3. The quantitative estimate of drug-likeness (QED) is 0.0271. The van der Waals surface area contributed by atoms with Crippen molar-refractivity contribution in [1.82, 2.24) is 0 Å². The summed E-state index contributed by atoms with van der Waals surface area (Å²) >= 11 is 0. The molecule has 53 heavy (non-hydrogen) atoms. The van der Waals surface area contributed by atoms with Gasteiger partial charge in [-0.3, -0.25) is 18.6 Å². The third-order valence-corrected chi connectivity index (χ3v) is 7.54. The maximum absolute atomic E-state index is 12.5. The van der Waals surface area contributed by atoms with Gasteiger partial charge in [0.2, 0.25) is 0 Å². The molecule has 0 radical (unpaired) electrons. The highest BCUT2D eigenvalue weighted by Crippen LogP contribution is 2.43. The number of allylic oxidation sites excluding steroid dienone is 22. The average molecular weight is 757 g/mol. The number of hydrogen-bond donors (Lipinski definition) is 3. The number of unbranched alkanes of at least 4 members (excludes halogenated alkanes) is 4. The van der Waals surface area contributed by atoms with Crippen LogP contribution in [0.25, 0.3) is 0 Å². The highest BCUT2D eigenvalue weighted by Gasteiger charge is 2.27. The van der Waals surface area contributed by atoms with E-state index in [1.165, 1.54) is 0 Å². The number of ether oxygens (including phenoxy) is 2. The van der Waals surface area contributed by atoms with Crippen LogP contribution in [0.15, 0.2) is 134 Å². The molecule has 11 heteroatoms. The smallest absolute Gasteiger partial charge is 0.462 e. The van der Waals surface area contributed by atoms with Crippen LogP contribution >= 0.6 is 7.82 Å². The van der Waals surface area contributed by atoms with Gasteiger partial charge in [0, 0.05) is 12.8 Å². The molecule has 0 bridgehead atoms. The molecule has 0 fully saturated rings. The molecular weight excluding hydrogens is 695 g/mol. The van der Waals surface area contributed by atoms with Crippen LogP contribution in [0, 0.1) is 0 Å². The second-order valence-corrected chi connectivity index (χ2v) is 12.9. The zero-order valence-corrected chi connectivity index (χ0v) is 32.3. The SMILES string of the molecule is CC/C=C/C=C/C=C/C=C/C=C/C=C/CCCCCC(=O)OCC(COP(=O)(O)OC[C@@H](O)CO)OC(=O)CCC/C=C/C=C/C=C/C=C/C=C/CC. The number of aliphatic hydroxyl groups excluding tert-OH is 2. The number of esters is 2. The minimum absolute atomic E-state index is 0.0674. The molecule has 10 nitrogen and oxygen atoms in total. The van der Waals surface area contributed by atoms with Crippen LogP contribution in [0.3, 0.4) is 0 Å². The molecule has 294 valence electrons. The summed E-state index contributed by atoms with van der Waals surface area (Å²) in [6, 6.07) is 0.